The Morgan fingerprint density at radius 3 is 2.94 bits per heavy atom. The molecule has 2 fully saturated rings. The van der Waals surface area contributed by atoms with Crippen LogP contribution in [0.4, 0.5) is 0 Å². The Labute approximate surface area is 110 Å². The van der Waals surface area contributed by atoms with Crippen LogP contribution in [0, 0.1) is 17.8 Å². The van der Waals surface area contributed by atoms with Crippen LogP contribution < -0.4 is 10.6 Å². The van der Waals surface area contributed by atoms with Crippen LogP contribution in [0.5, 0.6) is 0 Å². The fourth-order valence-corrected chi connectivity index (χ4v) is 3.03. The van der Waals surface area contributed by atoms with E-state index in [2.05, 4.69) is 29.4 Å². The molecule has 4 nitrogen and oxygen atoms in total. The first kappa shape index (κ1) is 13.8. The minimum Gasteiger partial charge on any atom is -0.355 e. The number of carbonyl (C=O) groups is 1. The summed E-state index contributed by atoms with van der Waals surface area (Å²) in [5, 5.41) is 6.38. The summed E-state index contributed by atoms with van der Waals surface area (Å²) < 4.78 is 0. The van der Waals surface area contributed by atoms with Gasteiger partial charge in [-0.1, -0.05) is 13.8 Å². The van der Waals surface area contributed by atoms with E-state index >= 15 is 0 Å². The van der Waals surface area contributed by atoms with Gasteiger partial charge in [0.25, 0.3) is 0 Å². The summed E-state index contributed by atoms with van der Waals surface area (Å²) in [6.45, 7) is 10.8. The summed E-state index contributed by atoms with van der Waals surface area (Å²) in [7, 11) is 0. The van der Waals surface area contributed by atoms with Gasteiger partial charge in [-0.3, -0.25) is 4.79 Å². The Kier molecular flexibility index (Phi) is 5.01. The van der Waals surface area contributed by atoms with Gasteiger partial charge in [-0.25, -0.2) is 0 Å². The highest BCUT2D eigenvalue weighted by Crippen LogP contribution is 2.17. The third kappa shape index (κ3) is 3.95. The van der Waals surface area contributed by atoms with Gasteiger partial charge in [0.2, 0.25) is 5.91 Å². The van der Waals surface area contributed by atoms with Crippen molar-refractivity contribution in [2.75, 3.05) is 39.3 Å². The molecular weight excluding hydrogens is 226 g/mol. The molecular formula is C14H27N3O. The maximum absolute atomic E-state index is 11.9. The molecule has 0 spiro atoms. The van der Waals surface area contributed by atoms with Crippen LogP contribution in [-0.2, 0) is 4.79 Å². The average Bonchev–Trinajstić information content (AvgIpc) is 2.95. The number of amides is 1. The lowest BCUT2D eigenvalue weighted by Gasteiger charge is -2.18. The van der Waals surface area contributed by atoms with Crippen LogP contribution in [0.25, 0.3) is 0 Å². The number of likely N-dealkylation sites (tertiary alicyclic amines) is 1. The van der Waals surface area contributed by atoms with Crippen LogP contribution in [-0.4, -0.2) is 50.1 Å². The van der Waals surface area contributed by atoms with E-state index in [0.29, 0.717) is 5.92 Å². The van der Waals surface area contributed by atoms with E-state index in [1.54, 1.807) is 0 Å². The SMILES string of the molecule is CC(C)CN1CCC(CNC(=O)C2CCNC2)C1. The molecule has 2 heterocycles. The zero-order valence-electron chi connectivity index (χ0n) is 11.7. The molecule has 2 N–H and O–H groups in total. The third-order valence-electron chi connectivity index (χ3n) is 3.99. The van der Waals surface area contributed by atoms with Crippen molar-refractivity contribution in [3.8, 4) is 0 Å². The van der Waals surface area contributed by atoms with Crippen molar-refractivity contribution >= 4 is 5.91 Å². The normalized spacial score (nSPS) is 29.1. The summed E-state index contributed by atoms with van der Waals surface area (Å²) in [4.78, 5) is 14.4. The largest absolute Gasteiger partial charge is 0.355 e. The maximum atomic E-state index is 11.9. The van der Waals surface area contributed by atoms with Crippen molar-refractivity contribution in [3.63, 3.8) is 0 Å². The van der Waals surface area contributed by atoms with Gasteiger partial charge in [0.15, 0.2) is 0 Å². The van der Waals surface area contributed by atoms with Crippen molar-refractivity contribution in [2.45, 2.75) is 26.7 Å². The fraction of sp³-hybridized carbons (Fsp3) is 0.929. The van der Waals surface area contributed by atoms with Crippen molar-refractivity contribution in [1.82, 2.24) is 15.5 Å². The highest BCUT2D eigenvalue weighted by molar-refractivity contribution is 5.79. The Bertz CT molecular complexity index is 274. The van der Waals surface area contributed by atoms with Crippen molar-refractivity contribution in [2.24, 2.45) is 17.8 Å². The van der Waals surface area contributed by atoms with E-state index in [1.165, 1.54) is 19.5 Å². The van der Waals surface area contributed by atoms with Gasteiger partial charge in [-0.15, -0.1) is 0 Å². The molecule has 2 saturated heterocycles. The van der Waals surface area contributed by atoms with Crippen LogP contribution in [0.1, 0.15) is 26.7 Å². The average molecular weight is 253 g/mol. The van der Waals surface area contributed by atoms with E-state index in [4.69, 9.17) is 0 Å². The predicted molar refractivity (Wildman–Crippen MR) is 73.4 cm³/mol. The van der Waals surface area contributed by atoms with E-state index < -0.39 is 0 Å². The summed E-state index contributed by atoms with van der Waals surface area (Å²) in [5.41, 5.74) is 0. The molecule has 0 aromatic rings. The molecule has 0 saturated carbocycles. The van der Waals surface area contributed by atoms with Gasteiger partial charge in [-0.2, -0.15) is 0 Å². The Morgan fingerprint density at radius 1 is 1.44 bits per heavy atom. The number of hydrogen-bond donors (Lipinski definition) is 2. The summed E-state index contributed by atoms with van der Waals surface area (Å²) in [6.07, 6.45) is 2.23. The first-order chi connectivity index (χ1) is 8.65. The standard InChI is InChI=1S/C14H27N3O/c1-11(2)9-17-6-4-12(10-17)7-16-14(18)13-3-5-15-8-13/h11-13,15H,3-10H2,1-2H3,(H,16,18). The molecule has 104 valence electrons. The number of carbonyl (C=O) groups excluding carboxylic acids is 1. The Morgan fingerprint density at radius 2 is 2.28 bits per heavy atom. The number of hydrogen-bond acceptors (Lipinski definition) is 3. The summed E-state index contributed by atoms with van der Waals surface area (Å²) in [6, 6.07) is 0. The maximum Gasteiger partial charge on any atom is 0.224 e. The van der Waals surface area contributed by atoms with Crippen molar-refractivity contribution in [3.05, 3.63) is 0 Å². The predicted octanol–water partition coefficient (Wildman–Crippen LogP) is 0.690. The van der Waals surface area contributed by atoms with E-state index in [0.717, 1.165) is 38.5 Å². The topological polar surface area (TPSA) is 44.4 Å². The zero-order chi connectivity index (χ0) is 13.0. The van der Waals surface area contributed by atoms with Gasteiger partial charge >= 0.3 is 0 Å². The quantitative estimate of drug-likeness (QED) is 0.758. The summed E-state index contributed by atoms with van der Waals surface area (Å²) >= 11 is 0. The fourth-order valence-electron chi connectivity index (χ4n) is 3.03. The third-order valence-corrected chi connectivity index (χ3v) is 3.99. The molecule has 0 bridgehead atoms. The second-order valence-corrected chi connectivity index (χ2v) is 6.24. The minimum absolute atomic E-state index is 0.207. The van der Waals surface area contributed by atoms with Gasteiger partial charge in [0.05, 0.1) is 5.92 Å². The highest BCUT2D eigenvalue weighted by Gasteiger charge is 2.26. The molecule has 0 radical (unpaired) electrons. The minimum atomic E-state index is 0.207. The van der Waals surface area contributed by atoms with Gasteiger partial charge in [0, 0.05) is 26.2 Å². The van der Waals surface area contributed by atoms with Crippen LogP contribution in [0.15, 0.2) is 0 Å². The second-order valence-electron chi connectivity index (χ2n) is 6.24. The van der Waals surface area contributed by atoms with Crippen molar-refractivity contribution in [1.29, 1.82) is 0 Å². The molecule has 0 aliphatic carbocycles. The lowest BCUT2D eigenvalue weighted by atomic mass is 10.1. The molecule has 0 aromatic carbocycles. The van der Waals surface area contributed by atoms with E-state index in [-0.39, 0.29) is 11.8 Å². The highest BCUT2D eigenvalue weighted by atomic mass is 16.1. The molecule has 2 unspecified atom stereocenters. The van der Waals surface area contributed by atoms with Gasteiger partial charge in [0.1, 0.15) is 0 Å². The smallest absolute Gasteiger partial charge is 0.224 e. The molecule has 4 heteroatoms. The van der Waals surface area contributed by atoms with E-state index in [9.17, 15) is 4.79 Å². The number of nitrogens with one attached hydrogen (secondary N) is 2. The molecule has 2 rings (SSSR count). The Balaban J connectivity index is 1.64. The summed E-state index contributed by atoms with van der Waals surface area (Å²) in [5.74, 6) is 1.85. The molecule has 2 aliphatic heterocycles. The van der Waals surface area contributed by atoms with E-state index in [1.807, 2.05) is 0 Å². The van der Waals surface area contributed by atoms with Crippen LogP contribution in [0.3, 0.4) is 0 Å². The van der Waals surface area contributed by atoms with Gasteiger partial charge < -0.3 is 15.5 Å². The number of rotatable bonds is 5. The van der Waals surface area contributed by atoms with Gasteiger partial charge in [-0.05, 0) is 37.8 Å². The molecule has 1 amide bonds. The second kappa shape index (κ2) is 6.53. The first-order valence-electron chi connectivity index (χ1n) is 7.36. The lowest BCUT2D eigenvalue weighted by molar-refractivity contribution is -0.124. The molecule has 0 aromatic heterocycles. The zero-order valence-corrected chi connectivity index (χ0v) is 11.7. The molecule has 18 heavy (non-hydrogen) atoms. The molecule has 2 atom stereocenters. The van der Waals surface area contributed by atoms with Crippen LogP contribution in [0.2, 0.25) is 0 Å². The lowest BCUT2D eigenvalue weighted by Crippen LogP contribution is -2.36. The molecule has 2 aliphatic rings. The monoisotopic (exact) mass is 253 g/mol. The number of nitrogens with zero attached hydrogens (tertiary/aromatic N) is 1. The van der Waals surface area contributed by atoms with Crippen LogP contribution >= 0.6 is 0 Å². The first-order valence-corrected chi connectivity index (χ1v) is 7.36. The Hall–Kier alpha value is -0.610. The van der Waals surface area contributed by atoms with Crippen molar-refractivity contribution < 1.29 is 4.79 Å².